The van der Waals surface area contributed by atoms with Crippen molar-refractivity contribution < 1.29 is 14.3 Å². The van der Waals surface area contributed by atoms with Crippen molar-refractivity contribution in [2.24, 2.45) is 5.92 Å². The number of hydrogen-bond acceptors (Lipinski definition) is 4. The van der Waals surface area contributed by atoms with E-state index < -0.39 is 5.60 Å². The van der Waals surface area contributed by atoms with Crippen molar-refractivity contribution >= 4 is 11.8 Å². The first-order chi connectivity index (χ1) is 10.3. The normalized spacial score (nSPS) is 17.2. The third-order valence-electron chi connectivity index (χ3n) is 3.79. The topological polar surface area (TPSA) is 46.6 Å². The van der Waals surface area contributed by atoms with Gasteiger partial charge >= 0.3 is 5.97 Å². The van der Waals surface area contributed by atoms with E-state index >= 15 is 0 Å². The van der Waals surface area contributed by atoms with E-state index in [-0.39, 0.29) is 17.7 Å². The Morgan fingerprint density at radius 2 is 1.73 bits per heavy atom. The highest BCUT2D eigenvalue weighted by Crippen LogP contribution is 2.21. The van der Waals surface area contributed by atoms with E-state index in [1.165, 1.54) is 0 Å². The molecule has 0 aromatic heterocycles. The smallest absolute Gasteiger partial charge is 0.309 e. The first kappa shape index (κ1) is 16.7. The van der Waals surface area contributed by atoms with Crippen molar-refractivity contribution in [3.05, 3.63) is 35.9 Å². The van der Waals surface area contributed by atoms with E-state index in [1.54, 1.807) is 0 Å². The summed E-state index contributed by atoms with van der Waals surface area (Å²) < 4.78 is 5.44. The van der Waals surface area contributed by atoms with Gasteiger partial charge in [-0.1, -0.05) is 30.3 Å². The van der Waals surface area contributed by atoms with E-state index in [0.717, 1.165) is 31.5 Å². The monoisotopic (exact) mass is 303 g/mol. The van der Waals surface area contributed by atoms with Crippen molar-refractivity contribution in [3.63, 3.8) is 0 Å². The van der Waals surface area contributed by atoms with Crippen molar-refractivity contribution in [1.29, 1.82) is 0 Å². The predicted octanol–water partition coefficient (Wildman–Crippen LogP) is 2.92. The van der Waals surface area contributed by atoms with Crippen LogP contribution in [0.3, 0.4) is 0 Å². The maximum atomic E-state index is 12.2. The number of esters is 1. The molecule has 2 rings (SSSR count). The summed E-state index contributed by atoms with van der Waals surface area (Å²) >= 11 is 0. The Labute approximate surface area is 132 Å². The van der Waals surface area contributed by atoms with Crippen molar-refractivity contribution in [3.8, 4) is 0 Å². The van der Waals surface area contributed by atoms with Gasteiger partial charge in [0.1, 0.15) is 5.60 Å². The Kier molecular flexibility index (Phi) is 5.35. The lowest BCUT2D eigenvalue weighted by Gasteiger charge is -2.32. The number of likely N-dealkylation sites (tertiary alicyclic amines) is 1. The van der Waals surface area contributed by atoms with Crippen LogP contribution in [0.5, 0.6) is 0 Å². The third-order valence-corrected chi connectivity index (χ3v) is 3.79. The minimum Gasteiger partial charge on any atom is -0.460 e. The molecule has 1 fully saturated rings. The molecule has 0 radical (unpaired) electrons. The summed E-state index contributed by atoms with van der Waals surface area (Å²) in [6.07, 6.45) is 1.52. The second kappa shape index (κ2) is 7.05. The van der Waals surface area contributed by atoms with Gasteiger partial charge < -0.3 is 4.74 Å². The quantitative estimate of drug-likeness (QED) is 0.634. The Bertz CT molecular complexity index is 511. The highest BCUT2D eigenvalue weighted by Gasteiger charge is 2.29. The molecule has 1 aliphatic heterocycles. The third kappa shape index (κ3) is 4.95. The maximum absolute atomic E-state index is 12.2. The van der Waals surface area contributed by atoms with Crippen LogP contribution in [0.15, 0.2) is 30.3 Å². The van der Waals surface area contributed by atoms with Crippen molar-refractivity contribution in [1.82, 2.24) is 4.90 Å². The van der Waals surface area contributed by atoms with Gasteiger partial charge in [-0.15, -0.1) is 0 Å². The molecule has 1 aromatic carbocycles. The number of nitrogens with zero attached hydrogens (tertiary/aromatic N) is 1. The summed E-state index contributed by atoms with van der Waals surface area (Å²) in [4.78, 5) is 26.4. The molecule has 0 atom stereocenters. The standard InChI is InChI=1S/C18H25NO3/c1-18(2,3)22-17(21)15-9-11-19(12-10-15)13-16(20)14-7-5-4-6-8-14/h4-8,15H,9-13H2,1-3H3. The van der Waals surface area contributed by atoms with Crippen LogP contribution in [-0.2, 0) is 9.53 Å². The van der Waals surface area contributed by atoms with Crippen LogP contribution in [0.1, 0.15) is 44.0 Å². The van der Waals surface area contributed by atoms with Gasteiger partial charge in [0.2, 0.25) is 0 Å². The molecule has 0 amide bonds. The molecule has 1 saturated heterocycles. The predicted molar refractivity (Wildman–Crippen MR) is 85.8 cm³/mol. The number of piperidine rings is 1. The average Bonchev–Trinajstić information content (AvgIpc) is 2.47. The lowest BCUT2D eigenvalue weighted by atomic mass is 9.96. The van der Waals surface area contributed by atoms with Gasteiger partial charge in [0.15, 0.2) is 5.78 Å². The highest BCUT2D eigenvalue weighted by molar-refractivity contribution is 5.97. The van der Waals surface area contributed by atoms with Crippen molar-refractivity contribution in [2.75, 3.05) is 19.6 Å². The zero-order valence-corrected chi connectivity index (χ0v) is 13.7. The minimum absolute atomic E-state index is 0.0395. The molecular weight excluding hydrogens is 278 g/mol. The van der Waals surface area contributed by atoms with Crippen LogP contribution < -0.4 is 0 Å². The Hall–Kier alpha value is -1.68. The number of hydrogen-bond donors (Lipinski definition) is 0. The van der Waals surface area contributed by atoms with Gasteiger partial charge in [-0.3, -0.25) is 14.5 Å². The molecule has 1 aliphatic rings. The fourth-order valence-electron chi connectivity index (χ4n) is 2.63. The maximum Gasteiger partial charge on any atom is 0.309 e. The van der Waals surface area contributed by atoms with Crippen LogP contribution in [0.2, 0.25) is 0 Å². The van der Waals surface area contributed by atoms with Gasteiger partial charge in [0.05, 0.1) is 12.5 Å². The molecule has 0 aliphatic carbocycles. The van der Waals surface area contributed by atoms with Gasteiger partial charge in [0, 0.05) is 5.56 Å². The minimum atomic E-state index is -0.433. The zero-order valence-electron chi connectivity index (χ0n) is 13.7. The number of Topliss-reactive ketones (excluding diaryl/α,β-unsaturated/α-hetero) is 1. The fraction of sp³-hybridized carbons (Fsp3) is 0.556. The molecule has 4 heteroatoms. The Balaban J connectivity index is 1.80. The number of rotatable bonds is 4. The fourth-order valence-corrected chi connectivity index (χ4v) is 2.63. The molecule has 22 heavy (non-hydrogen) atoms. The molecule has 0 spiro atoms. The van der Waals surface area contributed by atoms with Gasteiger partial charge in [-0.2, -0.15) is 0 Å². The zero-order chi connectivity index (χ0) is 16.2. The summed E-state index contributed by atoms with van der Waals surface area (Å²) in [5.74, 6) is -0.0137. The number of ketones is 1. The molecule has 0 saturated carbocycles. The second-order valence-corrected chi connectivity index (χ2v) is 6.87. The lowest BCUT2D eigenvalue weighted by Crippen LogP contribution is -2.40. The molecule has 1 aromatic rings. The molecule has 4 nitrogen and oxygen atoms in total. The van der Waals surface area contributed by atoms with E-state index in [9.17, 15) is 9.59 Å². The largest absolute Gasteiger partial charge is 0.460 e. The van der Waals surface area contributed by atoms with Gasteiger partial charge in [-0.25, -0.2) is 0 Å². The summed E-state index contributed by atoms with van der Waals surface area (Å²) in [5.41, 5.74) is 0.314. The van der Waals surface area contributed by atoms with Crippen LogP contribution in [0.4, 0.5) is 0 Å². The number of benzene rings is 1. The van der Waals surface area contributed by atoms with Crippen molar-refractivity contribution in [2.45, 2.75) is 39.2 Å². The van der Waals surface area contributed by atoms with E-state index in [1.807, 2.05) is 51.1 Å². The molecule has 0 bridgehead atoms. The lowest BCUT2D eigenvalue weighted by molar-refractivity contribution is -0.161. The van der Waals surface area contributed by atoms with Crippen LogP contribution in [0.25, 0.3) is 0 Å². The molecular formula is C18H25NO3. The summed E-state index contributed by atoms with van der Waals surface area (Å²) in [6.45, 7) is 7.62. The second-order valence-electron chi connectivity index (χ2n) is 6.87. The van der Waals surface area contributed by atoms with E-state index in [0.29, 0.717) is 6.54 Å². The first-order valence-corrected chi connectivity index (χ1v) is 7.88. The van der Waals surface area contributed by atoms with E-state index in [2.05, 4.69) is 4.90 Å². The van der Waals surface area contributed by atoms with Crippen LogP contribution >= 0.6 is 0 Å². The van der Waals surface area contributed by atoms with E-state index in [4.69, 9.17) is 4.74 Å². The van der Waals surface area contributed by atoms with Gasteiger partial charge in [-0.05, 0) is 46.7 Å². The van der Waals surface area contributed by atoms with Crippen LogP contribution in [0, 0.1) is 5.92 Å². The molecule has 0 N–H and O–H groups in total. The summed E-state index contributed by atoms with van der Waals surface area (Å²) in [5, 5.41) is 0. The number of ether oxygens (including phenoxy) is 1. The number of carbonyl (C=O) groups excluding carboxylic acids is 2. The van der Waals surface area contributed by atoms with Crippen LogP contribution in [-0.4, -0.2) is 41.9 Å². The average molecular weight is 303 g/mol. The molecule has 120 valence electrons. The Morgan fingerprint density at radius 3 is 2.27 bits per heavy atom. The molecule has 0 unspecified atom stereocenters. The summed E-state index contributed by atoms with van der Waals surface area (Å²) in [6, 6.07) is 9.35. The molecule has 1 heterocycles. The Morgan fingerprint density at radius 1 is 1.14 bits per heavy atom. The highest BCUT2D eigenvalue weighted by atomic mass is 16.6. The number of carbonyl (C=O) groups is 2. The first-order valence-electron chi connectivity index (χ1n) is 7.88. The SMILES string of the molecule is CC(C)(C)OC(=O)C1CCN(CC(=O)c2ccccc2)CC1. The summed E-state index contributed by atoms with van der Waals surface area (Å²) in [7, 11) is 0. The van der Waals surface area contributed by atoms with Gasteiger partial charge in [0.25, 0.3) is 0 Å².